The minimum absolute atomic E-state index is 0.160. The Balaban J connectivity index is 1.77. The zero-order valence-electron chi connectivity index (χ0n) is 9.37. The molecule has 2 atom stereocenters. The molecule has 1 aromatic rings. The van der Waals surface area contributed by atoms with Gasteiger partial charge in [-0.25, -0.2) is 0 Å². The van der Waals surface area contributed by atoms with E-state index in [2.05, 4.69) is 31.2 Å². The molecular weight excluding hydrogens is 182 g/mol. The highest BCUT2D eigenvalue weighted by Crippen LogP contribution is 2.58. The number of nitrogens with two attached hydrogens (primary N) is 1. The quantitative estimate of drug-likeness (QED) is 0.782. The Kier molecular flexibility index (Phi) is 1.93. The second-order valence-electron chi connectivity index (χ2n) is 5.41. The van der Waals surface area contributed by atoms with Gasteiger partial charge >= 0.3 is 0 Å². The first kappa shape index (κ1) is 9.41. The van der Waals surface area contributed by atoms with E-state index in [1.54, 1.807) is 0 Å². The van der Waals surface area contributed by atoms with Gasteiger partial charge in [-0.2, -0.15) is 0 Å². The Morgan fingerprint density at radius 2 is 1.87 bits per heavy atom. The molecule has 0 aliphatic heterocycles. The van der Waals surface area contributed by atoms with E-state index < -0.39 is 0 Å². The average Bonchev–Trinajstić information content (AvgIpc) is 2.76. The van der Waals surface area contributed by atoms with Crippen LogP contribution >= 0.6 is 0 Å². The lowest BCUT2D eigenvalue weighted by atomic mass is 9.77. The summed E-state index contributed by atoms with van der Waals surface area (Å²) in [5, 5.41) is 0. The molecule has 80 valence electrons. The van der Waals surface area contributed by atoms with Crippen molar-refractivity contribution in [3.8, 4) is 0 Å². The Morgan fingerprint density at radius 1 is 1.20 bits per heavy atom. The molecule has 0 saturated heterocycles. The van der Waals surface area contributed by atoms with Gasteiger partial charge < -0.3 is 5.73 Å². The van der Waals surface area contributed by atoms with Gasteiger partial charge in [-0.15, -0.1) is 0 Å². The lowest BCUT2D eigenvalue weighted by Crippen LogP contribution is -2.38. The SMILES string of the molecule is Cc1ccc(C2CC2(N)C2CCC2)cc1. The molecule has 0 spiro atoms. The Hall–Kier alpha value is -0.820. The highest BCUT2D eigenvalue weighted by atomic mass is 14.9. The fraction of sp³-hybridized carbons (Fsp3) is 0.571. The molecule has 3 rings (SSSR count). The number of aryl methyl sites for hydroxylation is 1. The van der Waals surface area contributed by atoms with Gasteiger partial charge in [0.1, 0.15) is 0 Å². The largest absolute Gasteiger partial charge is 0.324 e. The van der Waals surface area contributed by atoms with Crippen molar-refractivity contribution in [3.63, 3.8) is 0 Å². The standard InChI is InChI=1S/C14H19N/c1-10-5-7-11(8-6-10)13-9-14(13,15)12-3-2-4-12/h5-8,12-13H,2-4,9,15H2,1H3. The van der Waals surface area contributed by atoms with Crippen molar-refractivity contribution in [2.75, 3.05) is 0 Å². The first-order valence-electron chi connectivity index (χ1n) is 6.05. The van der Waals surface area contributed by atoms with E-state index in [-0.39, 0.29) is 5.54 Å². The number of hydrogen-bond donors (Lipinski definition) is 1. The van der Waals surface area contributed by atoms with E-state index >= 15 is 0 Å². The third kappa shape index (κ3) is 1.41. The molecular formula is C14H19N. The molecule has 0 heterocycles. The van der Waals surface area contributed by atoms with Crippen LogP contribution in [0.1, 0.15) is 42.7 Å². The van der Waals surface area contributed by atoms with Gasteiger partial charge in [0.15, 0.2) is 0 Å². The molecule has 2 aliphatic rings. The lowest BCUT2D eigenvalue weighted by molar-refractivity contribution is 0.242. The zero-order valence-corrected chi connectivity index (χ0v) is 9.37. The predicted molar refractivity (Wildman–Crippen MR) is 62.8 cm³/mol. The molecule has 2 N–H and O–H groups in total. The van der Waals surface area contributed by atoms with Gasteiger partial charge in [-0.1, -0.05) is 36.2 Å². The molecule has 1 heteroatoms. The normalized spacial score (nSPS) is 34.9. The maximum absolute atomic E-state index is 6.47. The predicted octanol–water partition coefficient (Wildman–Crippen LogP) is 2.98. The first-order valence-corrected chi connectivity index (χ1v) is 6.05. The molecule has 1 nitrogen and oxygen atoms in total. The summed E-state index contributed by atoms with van der Waals surface area (Å²) in [7, 11) is 0. The zero-order chi connectivity index (χ0) is 10.5. The fourth-order valence-corrected chi connectivity index (χ4v) is 2.92. The summed E-state index contributed by atoms with van der Waals surface area (Å²) in [4.78, 5) is 0. The fourth-order valence-electron chi connectivity index (χ4n) is 2.92. The molecule has 2 saturated carbocycles. The molecule has 0 bridgehead atoms. The summed E-state index contributed by atoms with van der Waals surface area (Å²) < 4.78 is 0. The molecule has 0 radical (unpaired) electrons. The molecule has 2 aliphatic carbocycles. The lowest BCUT2D eigenvalue weighted by Gasteiger charge is -2.32. The van der Waals surface area contributed by atoms with Crippen LogP contribution in [-0.4, -0.2) is 5.54 Å². The summed E-state index contributed by atoms with van der Waals surface area (Å²) in [5.41, 5.74) is 9.42. The number of hydrogen-bond acceptors (Lipinski definition) is 1. The van der Waals surface area contributed by atoms with Crippen molar-refractivity contribution >= 4 is 0 Å². The van der Waals surface area contributed by atoms with E-state index in [4.69, 9.17) is 5.73 Å². The molecule has 2 unspecified atom stereocenters. The Bertz CT molecular complexity index is 363. The average molecular weight is 201 g/mol. The van der Waals surface area contributed by atoms with Crippen LogP contribution in [0.25, 0.3) is 0 Å². The second kappa shape index (κ2) is 3.08. The second-order valence-corrected chi connectivity index (χ2v) is 5.41. The van der Waals surface area contributed by atoms with Crippen molar-refractivity contribution in [3.05, 3.63) is 35.4 Å². The van der Waals surface area contributed by atoms with Crippen molar-refractivity contribution in [2.45, 2.75) is 44.1 Å². The Morgan fingerprint density at radius 3 is 2.40 bits per heavy atom. The maximum atomic E-state index is 6.47. The summed E-state index contributed by atoms with van der Waals surface area (Å²) in [6.45, 7) is 2.14. The van der Waals surface area contributed by atoms with E-state index in [0.29, 0.717) is 5.92 Å². The van der Waals surface area contributed by atoms with Crippen molar-refractivity contribution < 1.29 is 0 Å². The molecule has 15 heavy (non-hydrogen) atoms. The van der Waals surface area contributed by atoms with E-state index in [1.165, 1.54) is 36.8 Å². The van der Waals surface area contributed by atoms with Gasteiger partial charge in [0.25, 0.3) is 0 Å². The van der Waals surface area contributed by atoms with E-state index in [1.807, 2.05) is 0 Å². The third-order valence-electron chi connectivity index (χ3n) is 4.39. The first-order chi connectivity index (χ1) is 7.20. The van der Waals surface area contributed by atoms with Crippen LogP contribution in [0, 0.1) is 12.8 Å². The van der Waals surface area contributed by atoms with Crippen LogP contribution in [0.4, 0.5) is 0 Å². The summed E-state index contributed by atoms with van der Waals surface area (Å²) in [6, 6.07) is 8.92. The van der Waals surface area contributed by atoms with Crippen molar-refractivity contribution in [1.82, 2.24) is 0 Å². The highest BCUT2D eigenvalue weighted by Gasteiger charge is 2.57. The monoisotopic (exact) mass is 201 g/mol. The molecule has 2 fully saturated rings. The van der Waals surface area contributed by atoms with Crippen LogP contribution in [0.15, 0.2) is 24.3 Å². The molecule has 0 aromatic heterocycles. The smallest absolute Gasteiger partial charge is 0.0259 e. The minimum Gasteiger partial charge on any atom is -0.324 e. The number of benzene rings is 1. The summed E-state index contributed by atoms with van der Waals surface area (Å²) >= 11 is 0. The van der Waals surface area contributed by atoms with Crippen LogP contribution in [0.3, 0.4) is 0 Å². The third-order valence-corrected chi connectivity index (χ3v) is 4.39. The van der Waals surface area contributed by atoms with Crippen LogP contribution in [-0.2, 0) is 0 Å². The molecule has 0 amide bonds. The van der Waals surface area contributed by atoms with E-state index in [9.17, 15) is 0 Å². The highest BCUT2D eigenvalue weighted by molar-refractivity contribution is 5.35. The van der Waals surface area contributed by atoms with E-state index in [0.717, 1.165) is 5.92 Å². The van der Waals surface area contributed by atoms with Crippen molar-refractivity contribution in [2.24, 2.45) is 11.7 Å². The van der Waals surface area contributed by atoms with Crippen LogP contribution in [0.5, 0.6) is 0 Å². The maximum Gasteiger partial charge on any atom is 0.0259 e. The van der Waals surface area contributed by atoms with Crippen molar-refractivity contribution in [1.29, 1.82) is 0 Å². The van der Waals surface area contributed by atoms with Crippen LogP contribution < -0.4 is 5.73 Å². The van der Waals surface area contributed by atoms with Gasteiger partial charge in [-0.05, 0) is 37.7 Å². The topological polar surface area (TPSA) is 26.0 Å². The Labute approximate surface area is 91.7 Å². The van der Waals surface area contributed by atoms with Gasteiger partial charge in [-0.3, -0.25) is 0 Å². The van der Waals surface area contributed by atoms with Gasteiger partial charge in [0, 0.05) is 11.5 Å². The van der Waals surface area contributed by atoms with Crippen LogP contribution in [0.2, 0.25) is 0 Å². The number of rotatable bonds is 2. The van der Waals surface area contributed by atoms with Gasteiger partial charge in [0.05, 0.1) is 0 Å². The summed E-state index contributed by atoms with van der Waals surface area (Å²) in [6.07, 6.45) is 5.32. The minimum atomic E-state index is 0.160. The molecule has 1 aromatic carbocycles. The summed E-state index contributed by atoms with van der Waals surface area (Å²) in [5.74, 6) is 1.45. The van der Waals surface area contributed by atoms with Gasteiger partial charge in [0.2, 0.25) is 0 Å².